The zero-order valence-corrected chi connectivity index (χ0v) is 11.2. The van der Waals surface area contributed by atoms with Crippen LogP contribution in [-0.2, 0) is 5.41 Å². The summed E-state index contributed by atoms with van der Waals surface area (Å²) >= 11 is 3.68. The lowest BCUT2D eigenvalue weighted by Crippen LogP contribution is -2.26. The lowest BCUT2D eigenvalue weighted by Gasteiger charge is -2.33. The lowest BCUT2D eigenvalue weighted by atomic mass is 9.72. The highest BCUT2D eigenvalue weighted by Crippen LogP contribution is 2.38. The molecule has 0 nitrogen and oxygen atoms in total. The molecular formula is C15H17Br. The van der Waals surface area contributed by atoms with Crippen LogP contribution in [0, 0.1) is 0 Å². The van der Waals surface area contributed by atoms with Crippen molar-refractivity contribution in [2.24, 2.45) is 0 Å². The van der Waals surface area contributed by atoms with Gasteiger partial charge < -0.3 is 0 Å². The van der Waals surface area contributed by atoms with Crippen molar-refractivity contribution in [1.29, 1.82) is 0 Å². The largest absolute Gasteiger partial charge is 0.0893 e. The van der Waals surface area contributed by atoms with Crippen molar-refractivity contribution in [3.63, 3.8) is 0 Å². The minimum Gasteiger partial charge on any atom is -0.0893 e. The number of rotatable bonds is 3. The topological polar surface area (TPSA) is 0 Å². The molecule has 0 aromatic heterocycles. The van der Waals surface area contributed by atoms with Gasteiger partial charge in [-0.1, -0.05) is 77.5 Å². The van der Waals surface area contributed by atoms with Gasteiger partial charge in [0.1, 0.15) is 0 Å². The molecule has 1 heteroatoms. The first kappa shape index (κ1) is 11.7. The highest BCUT2D eigenvalue weighted by atomic mass is 79.9. The molecular weight excluding hydrogens is 260 g/mol. The van der Waals surface area contributed by atoms with E-state index in [2.05, 4.69) is 77.5 Å². The van der Waals surface area contributed by atoms with Gasteiger partial charge in [0, 0.05) is 10.2 Å². The van der Waals surface area contributed by atoms with Crippen LogP contribution in [0.1, 0.15) is 25.3 Å². The van der Waals surface area contributed by atoms with Crippen LogP contribution in [-0.4, -0.2) is 4.83 Å². The molecule has 1 aromatic carbocycles. The van der Waals surface area contributed by atoms with E-state index in [-0.39, 0.29) is 5.41 Å². The number of hydrogen-bond acceptors (Lipinski definition) is 0. The fourth-order valence-electron chi connectivity index (χ4n) is 2.42. The maximum absolute atomic E-state index is 3.68. The lowest BCUT2D eigenvalue weighted by molar-refractivity contribution is 0.494. The molecule has 0 saturated heterocycles. The Balaban J connectivity index is 2.35. The molecule has 2 rings (SSSR count). The van der Waals surface area contributed by atoms with Crippen LogP contribution in [0.4, 0.5) is 0 Å². The zero-order chi connectivity index (χ0) is 11.4. The highest BCUT2D eigenvalue weighted by molar-refractivity contribution is 9.09. The number of hydrogen-bond donors (Lipinski definition) is 0. The van der Waals surface area contributed by atoms with E-state index in [9.17, 15) is 0 Å². The molecule has 0 radical (unpaired) electrons. The Bertz CT molecular complexity index is 389. The standard InChI is InChI=1S/C15H17Br/c1-13(16)12-15(10-6-3-7-11-15)14-8-4-2-5-9-14/h2-10,13H,11-12H2,1H3. The third-order valence-corrected chi connectivity index (χ3v) is 3.46. The second-order valence-corrected chi connectivity index (χ2v) is 6.06. The van der Waals surface area contributed by atoms with Gasteiger partial charge in [-0.15, -0.1) is 0 Å². The Kier molecular flexibility index (Phi) is 3.65. The predicted octanol–water partition coefficient (Wildman–Crippen LogP) is 4.61. The minimum absolute atomic E-state index is 0.179. The van der Waals surface area contributed by atoms with Gasteiger partial charge in [0.15, 0.2) is 0 Å². The van der Waals surface area contributed by atoms with E-state index < -0.39 is 0 Å². The van der Waals surface area contributed by atoms with Crippen molar-refractivity contribution in [1.82, 2.24) is 0 Å². The van der Waals surface area contributed by atoms with Gasteiger partial charge in [0.25, 0.3) is 0 Å². The number of halogens is 1. The first-order valence-electron chi connectivity index (χ1n) is 5.77. The van der Waals surface area contributed by atoms with Crippen LogP contribution in [0.5, 0.6) is 0 Å². The maximum Gasteiger partial charge on any atom is 0.0180 e. The molecule has 0 aliphatic heterocycles. The van der Waals surface area contributed by atoms with E-state index in [1.54, 1.807) is 0 Å². The highest BCUT2D eigenvalue weighted by Gasteiger charge is 2.30. The van der Waals surface area contributed by atoms with Crippen LogP contribution in [0.15, 0.2) is 54.6 Å². The van der Waals surface area contributed by atoms with E-state index in [4.69, 9.17) is 0 Å². The van der Waals surface area contributed by atoms with Gasteiger partial charge >= 0.3 is 0 Å². The van der Waals surface area contributed by atoms with Crippen molar-refractivity contribution in [2.45, 2.75) is 30.0 Å². The van der Waals surface area contributed by atoms with Crippen molar-refractivity contribution < 1.29 is 0 Å². The molecule has 1 aliphatic rings. The summed E-state index contributed by atoms with van der Waals surface area (Å²) in [5.41, 5.74) is 1.60. The van der Waals surface area contributed by atoms with Gasteiger partial charge in [-0.25, -0.2) is 0 Å². The molecule has 0 spiro atoms. The van der Waals surface area contributed by atoms with E-state index >= 15 is 0 Å². The average Bonchev–Trinajstić information content (AvgIpc) is 2.30. The van der Waals surface area contributed by atoms with Crippen LogP contribution in [0.25, 0.3) is 0 Å². The van der Waals surface area contributed by atoms with Gasteiger partial charge in [-0.3, -0.25) is 0 Å². The number of benzene rings is 1. The van der Waals surface area contributed by atoms with Gasteiger partial charge in [0.2, 0.25) is 0 Å². The first-order chi connectivity index (χ1) is 7.73. The SMILES string of the molecule is CC(Br)CC1(c2ccccc2)C=CC=CC1. The van der Waals surface area contributed by atoms with Crippen molar-refractivity contribution in [3.05, 3.63) is 60.2 Å². The van der Waals surface area contributed by atoms with Crippen LogP contribution < -0.4 is 0 Å². The first-order valence-corrected chi connectivity index (χ1v) is 6.68. The molecule has 2 atom stereocenters. The molecule has 1 aromatic rings. The summed E-state index contributed by atoms with van der Waals surface area (Å²) < 4.78 is 0. The third-order valence-electron chi connectivity index (χ3n) is 3.14. The summed E-state index contributed by atoms with van der Waals surface area (Å²) in [7, 11) is 0. The summed E-state index contributed by atoms with van der Waals surface area (Å²) in [6.45, 7) is 2.22. The summed E-state index contributed by atoms with van der Waals surface area (Å²) in [6.07, 6.45) is 11.2. The quantitative estimate of drug-likeness (QED) is 0.707. The second kappa shape index (κ2) is 5.01. The van der Waals surface area contributed by atoms with Gasteiger partial charge in [0.05, 0.1) is 0 Å². The molecule has 0 fully saturated rings. The molecule has 2 unspecified atom stereocenters. The van der Waals surface area contributed by atoms with Crippen LogP contribution in [0.3, 0.4) is 0 Å². The van der Waals surface area contributed by atoms with Crippen LogP contribution >= 0.6 is 15.9 Å². The molecule has 0 N–H and O–H groups in total. The fourth-order valence-corrected chi connectivity index (χ4v) is 3.00. The Hall–Kier alpha value is -0.820. The molecule has 0 bridgehead atoms. The fraction of sp³-hybridized carbons (Fsp3) is 0.333. The monoisotopic (exact) mass is 276 g/mol. The number of allylic oxidation sites excluding steroid dienone is 4. The van der Waals surface area contributed by atoms with Crippen molar-refractivity contribution in [3.8, 4) is 0 Å². The second-order valence-electron chi connectivity index (χ2n) is 4.50. The Morgan fingerprint density at radius 1 is 1.25 bits per heavy atom. The molecule has 0 saturated carbocycles. The van der Waals surface area contributed by atoms with E-state index in [0.717, 1.165) is 12.8 Å². The summed E-state index contributed by atoms with van der Waals surface area (Å²) in [6, 6.07) is 10.8. The maximum atomic E-state index is 3.68. The van der Waals surface area contributed by atoms with Gasteiger partial charge in [-0.2, -0.15) is 0 Å². The smallest absolute Gasteiger partial charge is 0.0180 e. The predicted molar refractivity (Wildman–Crippen MR) is 74.0 cm³/mol. The van der Waals surface area contributed by atoms with E-state index in [1.165, 1.54) is 5.56 Å². The van der Waals surface area contributed by atoms with Crippen molar-refractivity contribution >= 4 is 15.9 Å². The Morgan fingerprint density at radius 2 is 2.00 bits per heavy atom. The molecule has 1 aliphatic carbocycles. The summed E-state index contributed by atoms with van der Waals surface area (Å²) in [5.74, 6) is 0. The van der Waals surface area contributed by atoms with Crippen molar-refractivity contribution in [2.75, 3.05) is 0 Å². The zero-order valence-electron chi connectivity index (χ0n) is 9.57. The molecule has 16 heavy (non-hydrogen) atoms. The molecule has 84 valence electrons. The molecule has 0 heterocycles. The number of alkyl halides is 1. The molecule has 0 amide bonds. The summed E-state index contributed by atoms with van der Waals surface area (Å²) in [5, 5.41) is 0. The minimum atomic E-state index is 0.179. The van der Waals surface area contributed by atoms with Crippen LogP contribution in [0.2, 0.25) is 0 Å². The third kappa shape index (κ3) is 2.46. The summed E-state index contributed by atoms with van der Waals surface area (Å²) in [4.78, 5) is 0.531. The van der Waals surface area contributed by atoms with E-state index in [0.29, 0.717) is 4.83 Å². The Labute approximate surface area is 106 Å². The average molecular weight is 277 g/mol. The van der Waals surface area contributed by atoms with E-state index in [1.807, 2.05) is 0 Å². The Morgan fingerprint density at radius 3 is 2.56 bits per heavy atom. The normalized spacial score (nSPS) is 25.6. The van der Waals surface area contributed by atoms with Gasteiger partial charge in [-0.05, 0) is 18.4 Å².